The van der Waals surface area contributed by atoms with Crippen molar-refractivity contribution in [3.63, 3.8) is 0 Å². The predicted molar refractivity (Wildman–Crippen MR) is 78.5 cm³/mol. The minimum absolute atomic E-state index is 0.456. The minimum Gasteiger partial charge on any atom is -0.326 e. The van der Waals surface area contributed by atoms with Gasteiger partial charge in [-0.15, -0.1) is 5.10 Å². The molecule has 0 saturated carbocycles. The summed E-state index contributed by atoms with van der Waals surface area (Å²) < 4.78 is 2.81. The van der Waals surface area contributed by atoms with Crippen LogP contribution in [0.1, 0.15) is 30.7 Å². The number of aryl methyl sites for hydroxylation is 1. The normalized spacial score (nSPS) is 10.9. The lowest BCUT2D eigenvalue weighted by molar-refractivity contribution is 0.756. The van der Waals surface area contributed by atoms with Crippen LogP contribution in [0.25, 0.3) is 5.82 Å². The van der Waals surface area contributed by atoms with Crippen LogP contribution in [-0.2, 0) is 19.4 Å². The third kappa shape index (κ3) is 2.39. The minimum atomic E-state index is 0.456. The van der Waals surface area contributed by atoms with Crippen LogP contribution >= 0.6 is 22.6 Å². The first-order valence-electron chi connectivity index (χ1n) is 5.99. The summed E-state index contributed by atoms with van der Waals surface area (Å²) in [5, 5.41) is 12.8. The van der Waals surface area contributed by atoms with Gasteiger partial charge in [0.05, 0.1) is 15.5 Å². The molecule has 0 aliphatic carbocycles. The van der Waals surface area contributed by atoms with E-state index in [2.05, 4.69) is 51.7 Å². The molecular formula is C12H16IN5. The fourth-order valence-corrected chi connectivity index (χ4v) is 2.44. The van der Waals surface area contributed by atoms with Gasteiger partial charge in [-0.2, -0.15) is 10.2 Å². The Bertz CT molecular complexity index is 549. The largest absolute Gasteiger partial charge is 0.326 e. The van der Waals surface area contributed by atoms with Gasteiger partial charge in [0.25, 0.3) is 0 Å². The first kappa shape index (κ1) is 13.4. The van der Waals surface area contributed by atoms with E-state index in [0.29, 0.717) is 6.54 Å². The molecule has 0 amide bonds. The number of nitrogens with two attached hydrogens (primary N) is 1. The van der Waals surface area contributed by atoms with Crippen molar-refractivity contribution in [3.05, 3.63) is 32.8 Å². The third-order valence-electron chi connectivity index (χ3n) is 2.91. The molecule has 0 bridgehead atoms. The predicted octanol–water partition coefficient (Wildman–Crippen LogP) is 1.85. The third-order valence-corrected chi connectivity index (χ3v) is 3.47. The van der Waals surface area contributed by atoms with Crippen LogP contribution in [0.5, 0.6) is 0 Å². The lowest BCUT2D eigenvalue weighted by Crippen LogP contribution is -2.14. The fraction of sp³-hybridized carbons (Fsp3) is 0.417. The van der Waals surface area contributed by atoms with Gasteiger partial charge >= 0.3 is 0 Å². The molecular weight excluding hydrogens is 341 g/mol. The molecule has 2 N–H and O–H groups in total. The van der Waals surface area contributed by atoms with Gasteiger partial charge in [0, 0.05) is 18.3 Å². The van der Waals surface area contributed by atoms with Crippen molar-refractivity contribution in [2.45, 2.75) is 33.2 Å². The van der Waals surface area contributed by atoms with Gasteiger partial charge in [-0.25, -0.2) is 4.68 Å². The highest BCUT2D eigenvalue weighted by atomic mass is 127. The summed E-state index contributed by atoms with van der Waals surface area (Å²) in [7, 11) is 0. The van der Waals surface area contributed by atoms with E-state index in [1.165, 1.54) is 5.56 Å². The molecule has 0 saturated heterocycles. The van der Waals surface area contributed by atoms with Crippen molar-refractivity contribution in [3.8, 4) is 5.82 Å². The molecule has 0 radical (unpaired) electrons. The zero-order valence-electron chi connectivity index (χ0n) is 10.5. The SMILES string of the molecule is CCc1nnc(-n2cc(I)cn2)c(CN)c1CC. The number of halogens is 1. The van der Waals surface area contributed by atoms with E-state index in [9.17, 15) is 0 Å². The van der Waals surface area contributed by atoms with Crippen LogP contribution in [0.2, 0.25) is 0 Å². The summed E-state index contributed by atoms with van der Waals surface area (Å²) in [6.45, 7) is 4.66. The topological polar surface area (TPSA) is 69.6 Å². The van der Waals surface area contributed by atoms with Crippen molar-refractivity contribution in [1.29, 1.82) is 0 Å². The van der Waals surface area contributed by atoms with Crippen LogP contribution in [0.4, 0.5) is 0 Å². The molecule has 0 aromatic carbocycles. The van der Waals surface area contributed by atoms with Crippen LogP contribution in [-0.4, -0.2) is 20.0 Å². The van der Waals surface area contributed by atoms with Gasteiger partial charge in [0.15, 0.2) is 5.82 Å². The van der Waals surface area contributed by atoms with Gasteiger partial charge in [-0.1, -0.05) is 13.8 Å². The Morgan fingerprint density at radius 2 is 2.00 bits per heavy atom. The lowest BCUT2D eigenvalue weighted by atomic mass is 10.0. The Labute approximate surface area is 120 Å². The molecule has 18 heavy (non-hydrogen) atoms. The molecule has 0 aliphatic heterocycles. The van der Waals surface area contributed by atoms with E-state index in [-0.39, 0.29) is 0 Å². The molecule has 6 heteroatoms. The lowest BCUT2D eigenvalue weighted by Gasteiger charge is -2.13. The smallest absolute Gasteiger partial charge is 0.180 e. The van der Waals surface area contributed by atoms with Crippen molar-refractivity contribution in [1.82, 2.24) is 20.0 Å². The van der Waals surface area contributed by atoms with E-state index < -0.39 is 0 Å². The van der Waals surface area contributed by atoms with Crippen molar-refractivity contribution >= 4 is 22.6 Å². The highest BCUT2D eigenvalue weighted by Crippen LogP contribution is 2.19. The number of hydrogen-bond acceptors (Lipinski definition) is 4. The first-order chi connectivity index (χ1) is 8.71. The maximum atomic E-state index is 5.88. The van der Waals surface area contributed by atoms with Gasteiger partial charge < -0.3 is 5.73 Å². The van der Waals surface area contributed by atoms with E-state index in [1.807, 2.05) is 6.20 Å². The summed E-state index contributed by atoms with van der Waals surface area (Å²) in [6.07, 6.45) is 5.51. The number of nitrogens with zero attached hydrogens (tertiary/aromatic N) is 4. The van der Waals surface area contributed by atoms with Crippen LogP contribution in [0.3, 0.4) is 0 Å². The Morgan fingerprint density at radius 3 is 2.50 bits per heavy atom. The Balaban J connectivity index is 2.61. The molecule has 0 atom stereocenters. The van der Waals surface area contributed by atoms with Crippen LogP contribution < -0.4 is 5.73 Å². The fourth-order valence-electron chi connectivity index (χ4n) is 2.05. The maximum absolute atomic E-state index is 5.88. The second-order valence-corrected chi connectivity index (χ2v) is 5.19. The van der Waals surface area contributed by atoms with Crippen molar-refractivity contribution in [2.75, 3.05) is 0 Å². The Kier molecular flexibility index (Phi) is 4.28. The first-order valence-corrected chi connectivity index (χ1v) is 7.07. The summed E-state index contributed by atoms with van der Waals surface area (Å²) in [6, 6.07) is 0. The van der Waals surface area contributed by atoms with Gasteiger partial charge in [0.1, 0.15) is 0 Å². The van der Waals surface area contributed by atoms with E-state index in [1.54, 1.807) is 10.9 Å². The second kappa shape index (κ2) is 5.75. The molecule has 2 aromatic rings. The molecule has 0 fully saturated rings. The summed E-state index contributed by atoms with van der Waals surface area (Å²) in [5.74, 6) is 0.745. The zero-order valence-corrected chi connectivity index (χ0v) is 12.7. The summed E-state index contributed by atoms with van der Waals surface area (Å²) in [4.78, 5) is 0. The average Bonchev–Trinajstić information content (AvgIpc) is 2.83. The molecule has 2 rings (SSSR count). The molecule has 96 valence electrons. The number of rotatable bonds is 4. The molecule has 5 nitrogen and oxygen atoms in total. The highest BCUT2D eigenvalue weighted by molar-refractivity contribution is 14.1. The zero-order chi connectivity index (χ0) is 13.1. The second-order valence-electron chi connectivity index (χ2n) is 3.94. The average molecular weight is 357 g/mol. The van der Waals surface area contributed by atoms with Crippen LogP contribution in [0.15, 0.2) is 12.4 Å². The molecule has 0 spiro atoms. The highest BCUT2D eigenvalue weighted by Gasteiger charge is 2.15. The van der Waals surface area contributed by atoms with E-state index >= 15 is 0 Å². The van der Waals surface area contributed by atoms with Crippen LogP contribution in [0, 0.1) is 3.57 Å². The monoisotopic (exact) mass is 357 g/mol. The Hall–Kier alpha value is -1.02. The number of aromatic nitrogens is 4. The summed E-state index contributed by atoms with van der Waals surface area (Å²) in [5.41, 5.74) is 9.16. The molecule has 2 heterocycles. The maximum Gasteiger partial charge on any atom is 0.180 e. The molecule has 0 aliphatic rings. The van der Waals surface area contributed by atoms with E-state index in [4.69, 9.17) is 5.73 Å². The van der Waals surface area contributed by atoms with E-state index in [0.717, 1.165) is 33.5 Å². The van der Waals surface area contributed by atoms with Gasteiger partial charge in [-0.05, 0) is 41.0 Å². The van der Waals surface area contributed by atoms with Crippen molar-refractivity contribution in [2.24, 2.45) is 5.73 Å². The van der Waals surface area contributed by atoms with Crippen molar-refractivity contribution < 1.29 is 0 Å². The number of hydrogen-bond donors (Lipinski definition) is 1. The molecule has 0 unspecified atom stereocenters. The summed E-state index contributed by atoms with van der Waals surface area (Å²) >= 11 is 2.22. The Morgan fingerprint density at radius 1 is 1.22 bits per heavy atom. The van der Waals surface area contributed by atoms with Gasteiger partial charge in [0.2, 0.25) is 0 Å². The van der Waals surface area contributed by atoms with Gasteiger partial charge in [-0.3, -0.25) is 0 Å². The molecule has 2 aromatic heterocycles. The standard InChI is InChI=1S/C12H16IN5/c1-3-9-10(5-14)12(17-16-11(9)4-2)18-7-8(13)6-15-18/h6-7H,3-5,14H2,1-2H3. The quantitative estimate of drug-likeness (QED) is 0.848.